The van der Waals surface area contributed by atoms with E-state index in [-0.39, 0.29) is 5.78 Å². The highest BCUT2D eigenvalue weighted by molar-refractivity contribution is 5.96. The lowest BCUT2D eigenvalue weighted by atomic mass is 10.1. The molecule has 0 aliphatic rings. The van der Waals surface area contributed by atoms with E-state index in [9.17, 15) is 4.79 Å². The molecule has 0 saturated heterocycles. The maximum absolute atomic E-state index is 11.0. The first-order chi connectivity index (χ1) is 9.63. The van der Waals surface area contributed by atoms with Crippen molar-refractivity contribution in [3.63, 3.8) is 0 Å². The monoisotopic (exact) mass is 266 g/mol. The van der Waals surface area contributed by atoms with Crippen LogP contribution < -0.4 is 0 Å². The number of aromatic nitrogens is 4. The van der Waals surface area contributed by atoms with Gasteiger partial charge in [0.1, 0.15) is 5.65 Å². The maximum Gasteiger partial charge on any atom is 0.152 e. The molecule has 0 radical (unpaired) electrons. The predicted molar refractivity (Wildman–Crippen MR) is 78.0 cm³/mol. The summed E-state index contributed by atoms with van der Waals surface area (Å²) in [5, 5.41) is 5.15. The molecule has 0 aliphatic carbocycles. The van der Waals surface area contributed by atoms with Crippen LogP contribution in [0.25, 0.3) is 28.2 Å². The van der Waals surface area contributed by atoms with E-state index in [1.165, 1.54) is 6.92 Å². The van der Waals surface area contributed by atoms with Crippen molar-refractivity contribution in [3.8, 4) is 11.1 Å². The van der Waals surface area contributed by atoms with Crippen LogP contribution in [0.1, 0.15) is 12.5 Å². The molecule has 1 N–H and O–H groups in total. The molecule has 20 heavy (non-hydrogen) atoms. The van der Waals surface area contributed by atoms with Crippen molar-refractivity contribution in [1.29, 1.82) is 0 Å². The molecule has 3 aromatic rings. The van der Waals surface area contributed by atoms with Gasteiger partial charge in [-0.05, 0) is 25.1 Å². The number of aryl methyl sites for hydroxylation is 1. The number of nitrogens with one attached hydrogen (secondary N) is 1. The van der Waals surface area contributed by atoms with Crippen LogP contribution in [0, 0.1) is 0 Å². The van der Waals surface area contributed by atoms with Gasteiger partial charge in [-0.15, -0.1) is 0 Å². The third-order valence-electron chi connectivity index (χ3n) is 3.10. The number of hydrogen-bond donors (Lipinski definition) is 1. The molecule has 100 valence electrons. The number of rotatable bonds is 3. The second kappa shape index (κ2) is 4.77. The minimum atomic E-state index is 0.0238. The molecule has 0 bridgehead atoms. The van der Waals surface area contributed by atoms with E-state index < -0.39 is 0 Å². The van der Waals surface area contributed by atoms with E-state index in [0.29, 0.717) is 0 Å². The zero-order valence-corrected chi connectivity index (χ0v) is 11.3. The smallest absolute Gasteiger partial charge is 0.152 e. The summed E-state index contributed by atoms with van der Waals surface area (Å²) in [5.74, 6) is 0.0238. The topological polar surface area (TPSA) is 63.6 Å². The summed E-state index contributed by atoms with van der Waals surface area (Å²) in [6, 6.07) is 2.05. The number of allylic oxidation sites excluding steroid dienone is 1. The third kappa shape index (κ3) is 2.25. The van der Waals surface area contributed by atoms with Crippen molar-refractivity contribution < 1.29 is 4.79 Å². The largest absolute Gasteiger partial charge is 0.346 e. The molecule has 3 heterocycles. The molecule has 0 aromatic carbocycles. The highest BCUT2D eigenvalue weighted by Gasteiger charge is 2.06. The summed E-state index contributed by atoms with van der Waals surface area (Å²) in [4.78, 5) is 18.5. The van der Waals surface area contributed by atoms with Gasteiger partial charge >= 0.3 is 0 Å². The van der Waals surface area contributed by atoms with E-state index in [0.717, 1.165) is 27.7 Å². The molecule has 0 aliphatic heterocycles. The molecule has 0 spiro atoms. The van der Waals surface area contributed by atoms with Gasteiger partial charge in [0.05, 0.1) is 6.20 Å². The minimum Gasteiger partial charge on any atom is -0.346 e. The molecule has 0 unspecified atom stereocenters. The Morgan fingerprint density at radius 3 is 2.90 bits per heavy atom. The normalized spacial score (nSPS) is 11.5. The van der Waals surface area contributed by atoms with Crippen molar-refractivity contribution >= 4 is 22.9 Å². The number of H-pyrrole nitrogens is 1. The predicted octanol–water partition coefficient (Wildman–Crippen LogP) is 2.57. The highest BCUT2D eigenvalue weighted by Crippen LogP contribution is 2.24. The average molecular weight is 266 g/mol. The number of ketones is 1. The molecule has 5 nitrogen and oxygen atoms in total. The summed E-state index contributed by atoms with van der Waals surface area (Å²) < 4.78 is 1.76. The summed E-state index contributed by atoms with van der Waals surface area (Å²) >= 11 is 0. The lowest BCUT2D eigenvalue weighted by molar-refractivity contribution is -0.112. The van der Waals surface area contributed by atoms with Gasteiger partial charge < -0.3 is 4.98 Å². The summed E-state index contributed by atoms with van der Waals surface area (Å²) in [6.07, 6.45) is 10.8. The Morgan fingerprint density at radius 2 is 2.20 bits per heavy atom. The number of hydrogen-bond acceptors (Lipinski definition) is 3. The fourth-order valence-corrected chi connectivity index (χ4v) is 2.10. The number of fused-ring (bicyclic) bond motifs is 1. The highest BCUT2D eigenvalue weighted by atomic mass is 16.1. The molecule has 3 rings (SSSR count). The second-order valence-electron chi connectivity index (χ2n) is 4.71. The SMILES string of the molecule is CC(=O)/C=C/c1c[nH]c2ncc(-c3cnn(C)c3)cc12. The summed E-state index contributed by atoms with van der Waals surface area (Å²) in [6.45, 7) is 1.53. The van der Waals surface area contributed by atoms with Crippen molar-refractivity contribution in [2.75, 3.05) is 0 Å². The maximum atomic E-state index is 11.0. The van der Waals surface area contributed by atoms with Crippen molar-refractivity contribution in [2.24, 2.45) is 7.05 Å². The Bertz CT molecular complexity index is 810. The molecule has 5 heteroatoms. The van der Waals surface area contributed by atoms with E-state index in [4.69, 9.17) is 0 Å². The Hall–Kier alpha value is -2.69. The number of carbonyl (C=O) groups is 1. The number of carbonyl (C=O) groups excluding carboxylic acids is 1. The lowest BCUT2D eigenvalue weighted by Gasteiger charge is -1.98. The molecule has 0 fully saturated rings. The Morgan fingerprint density at radius 1 is 1.35 bits per heavy atom. The van der Waals surface area contributed by atoms with Crippen LogP contribution in [-0.2, 0) is 11.8 Å². The van der Waals surface area contributed by atoms with Gasteiger partial charge in [0.15, 0.2) is 5.78 Å². The van der Waals surface area contributed by atoms with Crippen molar-refractivity contribution in [3.05, 3.63) is 42.5 Å². The first-order valence-corrected chi connectivity index (χ1v) is 6.28. The zero-order chi connectivity index (χ0) is 14.1. The standard InChI is InChI=1S/C15H14N4O/c1-10(20)3-4-11-6-16-15-14(11)5-12(7-17-15)13-8-18-19(2)9-13/h3-9H,1-2H3,(H,16,17)/b4-3+. The van der Waals surface area contributed by atoms with Gasteiger partial charge in [0.25, 0.3) is 0 Å². The molecule has 0 atom stereocenters. The molecule has 0 saturated carbocycles. The lowest BCUT2D eigenvalue weighted by Crippen LogP contribution is -1.84. The van der Waals surface area contributed by atoms with Crippen LogP contribution in [0.4, 0.5) is 0 Å². The van der Waals surface area contributed by atoms with E-state index >= 15 is 0 Å². The van der Waals surface area contributed by atoms with Crippen LogP contribution in [0.2, 0.25) is 0 Å². The van der Waals surface area contributed by atoms with Gasteiger partial charge in [0.2, 0.25) is 0 Å². The molecular formula is C15H14N4O. The minimum absolute atomic E-state index is 0.0238. The Balaban J connectivity index is 2.09. The fourth-order valence-electron chi connectivity index (χ4n) is 2.10. The summed E-state index contributed by atoms with van der Waals surface area (Å²) in [5.41, 5.74) is 3.78. The van der Waals surface area contributed by atoms with Crippen molar-refractivity contribution in [2.45, 2.75) is 6.92 Å². The first kappa shape index (κ1) is 12.3. The Labute approximate surface area is 116 Å². The van der Waals surface area contributed by atoms with Gasteiger partial charge in [-0.3, -0.25) is 9.48 Å². The van der Waals surface area contributed by atoms with Crippen molar-refractivity contribution in [1.82, 2.24) is 19.7 Å². The van der Waals surface area contributed by atoms with E-state index in [1.54, 1.807) is 23.0 Å². The number of nitrogens with zero attached hydrogens (tertiary/aromatic N) is 3. The quantitative estimate of drug-likeness (QED) is 0.741. The van der Waals surface area contributed by atoms with Gasteiger partial charge in [-0.2, -0.15) is 5.10 Å². The zero-order valence-electron chi connectivity index (χ0n) is 11.3. The summed E-state index contributed by atoms with van der Waals surface area (Å²) in [7, 11) is 1.88. The first-order valence-electron chi connectivity index (χ1n) is 6.28. The molecule has 0 amide bonds. The second-order valence-corrected chi connectivity index (χ2v) is 4.71. The number of pyridine rings is 1. The van der Waals surface area contributed by atoms with Crippen LogP contribution in [0.3, 0.4) is 0 Å². The van der Waals surface area contributed by atoms with Gasteiger partial charge in [-0.1, -0.05) is 0 Å². The van der Waals surface area contributed by atoms with Gasteiger partial charge in [-0.25, -0.2) is 4.98 Å². The van der Waals surface area contributed by atoms with Gasteiger partial charge in [0, 0.05) is 47.7 Å². The number of aromatic amines is 1. The Kier molecular flexibility index (Phi) is 2.95. The third-order valence-corrected chi connectivity index (χ3v) is 3.10. The van der Waals surface area contributed by atoms with Crippen LogP contribution >= 0.6 is 0 Å². The van der Waals surface area contributed by atoms with Crippen LogP contribution in [0.15, 0.2) is 36.9 Å². The molecule has 3 aromatic heterocycles. The average Bonchev–Trinajstić information content (AvgIpc) is 3.02. The van der Waals surface area contributed by atoms with Crippen LogP contribution in [0.5, 0.6) is 0 Å². The van der Waals surface area contributed by atoms with Crippen LogP contribution in [-0.4, -0.2) is 25.5 Å². The van der Waals surface area contributed by atoms with E-state index in [2.05, 4.69) is 21.1 Å². The van der Waals surface area contributed by atoms with E-state index in [1.807, 2.05) is 25.6 Å². The fraction of sp³-hybridized carbons (Fsp3) is 0.133. The molecular weight excluding hydrogens is 252 g/mol.